The number of hydrogen-bond donors (Lipinski definition) is 3. The van der Waals surface area contributed by atoms with Crippen LogP contribution >= 0.6 is 0 Å². The molecule has 0 aliphatic carbocycles. The highest BCUT2D eigenvalue weighted by molar-refractivity contribution is 6.10. The molecule has 0 spiro atoms. The number of carbonyl (C=O) groups is 3. The number of fused-ring (bicyclic) bond motifs is 1. The monoisotopic (exact) mass is 511 g/mol. The molecule has 9 nitrogen and oxygen atoms in total. The lowest BCUT2D eigenvalue weighted by Gasteiger charge is -2.30. The summed E-state index contributed by atoms with van der Waals surface area (Å²) in [6, 6.07) is 1.88. The lowest BCUT2D eigenvalue weighted by molar-refractivity contribution is -0.195. The molecule has 1 aromatic rings. The van der Waals surface area contributed by atoms with Crippen LogP contribution in [0.3, 0.4) is 0 Å². The standard InChI is InChI=1S/C21H26F5N3O6/c1-11-15(16(30)29(7-8-34-4)13-9-12(22)5-6-14(13)35-11)28-18(32)19(2,33)17(31)27-10-21(25,26)20(3,23)24/h5-6,9,11,15,33H,7-8,10H2,1-4H3,(H,27,31)(H,28,32)/t11-,15+,19+/m1/s1. The molecule has 0 bridgehead atoms. The summed E-state index contributed by atoms with van der Waals surface area (Å²) in [6.45, 7) is 0.0566. The van der Waals surface area contributed by atoms with Gasteiger partial charge in [-0.25, -0.2) is 13.2 Å². The van der Waals surface area contributed by atoms with Crippen LogP contribution in [0.1, 0.15) is 20.8 Å². The van der Waals surface area contributed by atoms with Crippen molar-refractivity contribution in [2.24, 2.45) is 0 Å². The topological polar surface area (TPSA) is 117 Å². The highest BCUT2D eigenvalue weighted by atomic mass is 19.3. The number of aliphatic hydroxyl groups is 1. The van der Waals surface area contributed by atoms with E-state index in [1.54, 1.807) is 0 Å². The van der Waals surface area contributed by atoms with Crippen LogP contribution in [-0.2, 0) is 19.1 Å². The molecule has 0 fully saturated rings. The van der Waals surface area contributed by atoms with E-state index in [1.807, 2.05) is 0 Å². The van der Waals surface area contributed by atoms with E-state index in [-0.39, 0.29) is 31.5 Å². The third kappa shape index (κ3) is 6.17. The van der Waals surface area contributed by atoms with Crippen molar-refractivity contribution in [2.75, 3.05) is 31.7 Å². The van der Waals surface area contributed by atoms with Gasteiger partial charge in [-0.2, -0.15) is 8.78 Å². The van der Waals surface area contributed by atoms with Gasteiger partial charge in [-0.05, 0) is 26.0 Å². The van der Waals surface area contributed by atoms with Crippen LogP contribution in [0.15, 0.2) is 18.2 Å². The number of carbonyl (C=O) groups excluding carboxylic acids is 3. The summed E-state index contributed by atoms with van der Waals surface area (Å²) >= 11 is 0. The van der Waals surface area contributed by atoms with E-state index < -0.39 is 59.7 Å². The Labute approximate surface area is 197 Å². The van der Waals surface area contributed by atoms with Gasteiger partial charge in [-0.1, -0.05) is 0 Å². The number of nitrogens with zero attached hydrogens (tertiary/aromatic N) is 1. The van der Waals surface area contributed by atoms with Crippen LogP contribution < -0.4 is 20.3 Å². The van der Waals surface area contributed by atoms with Crippen LogP contribution in [-0.4, -0.2) is 79.2 Å². The van der Waals surface area contributed by atoms with Crippen molar-refractivity contribution in [1.29, 1.82) is 0 Å². The first-order chi connectivity index (χ1) is 16.0. The summed E-state index contributed by atoms with van der Waals surface area (Å²) in [6.07, 6.45) is -1.09. The molecule has 1 aliphatic heterocycles. The molecule has 0 saturated carbocycles. The summed E-state index contributed by atoms with van der Waals surface area (Å²) in [5, 5.41) is 13.9. The fourth-order valence-electron chi connectivity index (χ4n) is 3.05. The first-order valence-electron chi connectivity index (χ1n) is 10.4. The molecular formula is C21H26F5N3O6. The van der Waals surface area contributed by atoms with Gasteiger partial charge >= 0.3 is 11.8 Å². The summed E-state index contributed by atoms with van der Waals surface area (Å²) in [7, 11) is 1.36. The third-order valence-corrected chi connectivity index (χ3v) is 5.33. The van der Waals surface area contributed by atoms with E-state index in [0.717, 1.165) is 17.0 Å². The summed E-state index contributed by atoms with van der Waals surface area (Å²) in [5.41, 5.74) is -2.98. The van der Waals surface area contributed by atoms with Crippen molar-refractivity contribution in [1.82, 2.24) is 10.6 Å². The predicted molar refractivity (Wildman–Crippen MR) is 112 cm³/mol. The number of alkyl halides is 4. The average molecular weight is 511 g/mol. The van der Waals surface area contributed by atoms with Crippen LogP contribution in [0, 0.1) is 5.82 Å². The number of amides is 3. The van der Waals surface area contributed by atoms with Gasteiger partial charge in [0.05, 0.1) is 18.8 Å². The van der Waals surface area contributed by atoms with Gasteiger partial charge in [-0.3, -0.25) is 14.4 Å². The lowest BCUT2D eigenvalue weighted by Crippen LogP contribution is -2.63. The fraction of sp³-hybridized carbons (Fsp3) is 0.571. The van der Waals surface area contributed by atoms with Crippen molar-refractivity contribution in [3.63, 3.8) is 0 Å². The molecule has 3 N–H and O–H groups in total. The van der Waals surface area contributed by atoms with E-state index in [9.17, 15) is 41.4 Å². The molecule has 2 rings (SSSR count). The quantitative estimate of drug-likeness (QED) is 0.339. The van der Waals surface area contributed by atoms with Crippen molar-refractivity contribution < 1.29 is 50.9 Å². The number of rotatable bonds is 9. The summed E-state index contributed by atoms with van der Waals surface area (Å²) in [4.78, 5) is 39.2. The van der Waals surface area contributed by atoms with Crippen LogP contribution in [0.25, 0.3) is 0 Å². The van der Waals surface area contributed by atoms with Gasteiger partial charge in [-0.15, -0.1) is 0 Å². The Bertz CT molecular complexity index is 969. The largest absolute Gasteiger partial charge is 0.486 e. The maximum Gasteiger partial charge on any atom is 0.326 e. The van der Waals surface area contributed by atoms with Crippen molar-refractivity contribution >= 4 is 23.4 Å². The number of nitrogens with one attached hydrogen (secondary N) is 2. The zero-order valence-electron chi connectivity index (χ0n) is 19.3. The Morgan fingerprint density at radius 3 is 2.40 bits per heavy atom. The van der Waals surface area contributed by atoms with E-state index in [1.165, 1.54) is 25.4 Å². The minimum Gasteiger partial charge on any atom is -0.486 e. The zero-order valence-corrected chi connectivity index (χ0v) is 19.3. The Morgan fingerprint density at radius 1 is 1.20 bits per heavy atom. The molecule has 1 aliphatic rings. The molecule has 0 aromatic heterocycles. The van der Waals surface area contributed by atoms with Crippen molar-refractivity contribution in [2.45, 2.75) is 50.4 Å². The maximum atomic E-state index is 13.9. The molecule has 1 aromatic carbocycles. The normalized spacial score (nSPS) is 20.3. The molecule has 196 valence electrons. The smallest absolute Gasteiger partial charge is 0.326 e. The van der Waals surface area contributed by atoms with Crippen molar-refractivity contribution in [3.05, 3.63) is 24.0 Å². The Hall–Kier alpha value is -3.00. The second kappa shape index (κ2) is 10.3. The molecule has 14 heteroatoms. The van der Waals surface area contributed by atoms with Gasteiger partial charge in [0.2, 0.25) is 5.60 Å². The highest BCUT2D eigenvalue weighted by Gasteiger charge is 2.53. The first kappa shape index (κ1) is 28.2. The van der Waals surface area contributed by atoms with Crippen molar-refractivity contribution in [3.8, 4) is 5.75 Å². The fourth-order valence-corrected chi connectivity index (χ4v) is 3.05. The molecule has 3 atom stereocenters. The molecule has 3 amide bonds. The number of ether oxygens (including phenoxy) is 2. The minimum atomic E-state index is -4.66. The molecule has 0 unspecified atom stereocenters. The number of methoxy groups -OCH3 is 1. The molecule has 1 heterocycles. The molecular weight excluding hydrogens is 485 g/mol. The van der Waals surface area contributed by atoms with E-state index in [2.05, 4.69) is 5.32 Å². The van der Waals surface area contributed by atoms with E-state index in [4.69, 9.17) is 9.47 Å². The third-order valence-electron chi connectivity index (χ3n) is 5.33. The summed E-state index contributed by atoms with van der Waals surface area (Å²) in [5.74, 6) is -13.7. The second-order valence-corrected chi connectivity index (χ2v) is 8.22. The Balaban J connectivity index is 2.24. The minimum absolute atomic E-state index is 0.0210. The predicted octanol–water partition coefficient (Wildman–Crippen LogP) is 1.23. The SMILES string of the molecule is COCCN1C(=O)[C@@H](NC(=O)[C@@](C)(O)C(=O)NCC(F)(F)C(C)(F)F)[C@@H](C)Oc2ccc(F)cc21. The van der Waals surface area contributed by atoms with Gasteiger partial charge in [0.15, 0.2) is 0 Å². The molecule has 0 radical (unpaired) electrons. The van der Waals surface area contributed by atoms with Gasteiger partial charge < -0.3 is 30.1 Å². The number of benzene rings is 1. The second-order valence-electron chi connectivity index (χ2n) is 8.22. The van der Waals surface area contributed by atoms with Crippen LogP contribution in [0.2, 0.25) is 0 Å². The van der Waals surface area contributed by atoms with E-state index >= 15 is 0 Å². The number of hydrogen-bond acceptors (Lipinski definition) is 6. The van der Waals surface area contributed by atoms with Gasteiger partial charge in [0, 0.05) is 26.6 Å². The molecule has 35 heavy (non-hydrogen) atoms. The van der Waals surface area contributed by atoms with Gasteiger partial charge in [0.1, 0.15) is 23.7 Å². The number of halogens is 5. The highest BCUT2D eigenvalue weighted by Crippen LogP contribution is 2.34. The maximum absolute atomic E-state index is 13.9. The lowest BCUT2D eigenvalue weighted by atomic mass is 10.0. The average Bonchev–Trinajstić information content (AvgIpc) is 2.84. The number of anilines is 1. The summed E-state index contributed by atoms with van der Waals surface area (Å²) < 4.78 is 77.3. The Kier molecular flexibility index (Phi) is 8.32. The first-order valence-corrected chi connectivity index (χ1v) is 10.4. The molecule has 0 saturated heterocycles. The van der Waals surface area contributed by atoms with Crippen LogP contribution in [0.4, 0.5) is 27.6 Å². The Morgan fingerprint density at radius 2 is 1.83 bits per heavy atom. The zero-order chi connectivity index (χ0) is 26.8. The van der Waals surface area contributed by atoms with Crippen LogP contribution in [0.5, 0.6) is 5.75 Å². The van der Waals surface area contributed by atoms with E-state index in [0.29, 0.717) is 6.92 Å². The van der Waals surface area contributed by atoms with Gasteiger partial charge in [0.25, 0.3) is 17.7 Å².